The molecular formula is C14H17N3O2. The van der Waals surface area contributed by atoms with Gasteiger partial charge >= 0.3 is 0 Å². The number of Topliss-reactive ketones (excluding diaryl/α,β-unsaturated/α-hetero) is 1. The van der Waals surface area contributed by atoms with Crippen LogP contribution in [0.25, 0.3) is 0 Å². The minimum atomic E-state index is 0.160. The number of aromatic nitrogens is 2. The van der Waals surface area contributed by atoms with Crippen LogP contribution >= 0.6 is 0 Å². The van der Waals surface area contributed by atoms with Crippen molar-refractivity contribution in [3.63, 3.8) is 0 Å². The van der Waals surface area contributed by atoms with Crippen molar-refractivity contribution in [2.24, 2.45) is 0 Å². The van der Waals surface area contributed by atoms with E-state index in [2.05, 4.69) is 15.5 Å². The van der Waals surface area contributed by atoms with Gasteiger partial charge in [-0.2, -0.15) is 4.98 Å². The summed E-state index contributed by atoms with van der Waals surface area (Å²) in [5.74, 6) is 1.44. The van der Waals surface area contributed by atoms with Crippen LogP contribution in [0.4, 0.5) is 5.69 Å². The number of benzene rings is 1. The first-order valence-corrected chi connectivity index (χ1v) is 6.35. The van der Waals surface area contributed by atoms with Crippen LogP contribution in [-0.4, -0.2) is 22.5 Å². The average Bonchev–Trinajstić information content (AvgIpc) is 2.84. The molecule has 0 saturated heterocycles. The Morgan fingerprint density at radius 3 is 2.63 bits per heavy atom. The van der Waals surface area contributed by atoms with Crippen molar-refractivity contribution in [1.82, 2.24) is 10.1 Å². The van der Waals surface area contributed by atoms with E-state index < -0.39 is 0 Å². The van der Waals surface area contributed by atoms with Crippen molar-refractivity contribution in [2.45, 2.75) is 26.7 Å². The third kappa shape index (κ3) is 3.64. The number of aryl methyl sites for hydroxylation is 1. The van der Waals surface area contributed by atoms with Gasteiger partial charge in [0.15, 0.2) is 11.6 Å². The number of anilines is 1. The van der Waals surface area contributed by atoms with Crippen molar-refractivity contribution in [3.8, 4) is 0 Å². The molecule has 19 heavy (non-hydrogen) atoms. The van der Waals surface area contributed by atoms with Crippen molar-refractivity contribution in [2.75, 3.05) is 11.9 Å². The quantitative estimate of drug-likeness (QED) is 0.808. The fourth-order valence-electron chi connectivity index (χ4n) is 1.73. The standard InChI is InChI=1S/C14H17N3O2/c1-3-13(18)11-4-6-12(7-5-11)15-9-8-14-16-10(2)17-19-14/h4-7,15H,3,8-9H2,1-2H3. The van der Waals surface area contributed by atoms with E-state index in [1.165, 1.54) is 0 Å². The summed E-state index contributed by atoms with van der Waals surface area (Å²) in [6.07, 6.45) is 1.21. The number of hydrogen-bond donors (Lipinski definition) is 1. The first-order valence-electron chi connectivity index (χ1n) is 6.35. The number of nitrogens with zero attached hydrogens (tertiary/aromatic N) is 2. The summed E-state index contributed by atoms with van der Waals surface area (Å²) in [5, 5.41) is 6.98. The Balaban J connectivity index is 1.84. The summed E-state index contributed by atoms with van der Waals surface area (Å²) in [7, 11) is 0. The molecule has 0 atom stereocenters. The minimum Gasteiger partial charge on any atom is -0.385 e. The van der Waals surface area contributed by atoms with E-state index in [0.717, 1.165) is 11.3 Å². The molecule has 100 valence electrons. The van der Waals surface area contributed by atoms with Crippen molar-refractivity contribution in [1.29, 1.82) is 0 Å². The van der Waals surface area contributed by atoms with Gasteiger partial charge in [-0.25, -0.2) is 0 Å². The normalized spacial score (nSPS) is 10.4. The van der Waals surface area contributed by atoms with Gasteiger partial charge in [-0.1, -0.05) is 12.1 Å². The third-order valence-corrected chi connectivity index (χ3v) is 2.77. The molecule has 2 aromatic rings. The molecule has 0 amide bonds. The topological polar surface area (TPSA) is 68.0 Å². The fourth-order valence-corrected chi connectivity index (χ4v) is 1.73. The summed E-state index contributed by atoms with van der Waals surface area (Å²) in [6, 6.07) is 7.49. The number of ketones is 1. The highest BCUT2D eigenvalue weighted by molar-refractivity contribution is 5.96. The van der Waals surface area contributed by atoms with Gasteiger partial charge < -0.3 is 9.84 Å². The van der Waals surface area contributed by atoms with Gasteiger partial charge in [0.25, 0.3) is 0 Å². The van der Waals surface area contributed by atoms with Crippen molar-refractivity contribution in [3.05, 3.63) is 41.5 Å². The molecule has 1 aromatic carbocycles. The molecule has 0 unspecified atom stereocenters. The SMILES string of the molecule is CCC(=O)c1ccc(NCCc2nc(C)no2)cc1. The van der Waals surface area contributed by atoms with Gasteiger partial charge in [0.2, 0.25) is 5.89 Å². The molecule has 0 spiro atoms. The maximum Gasteiger partial charge on any atom is 0.228 e. The van der Waals surface area contributed by atoms with Crippen LogP contribution in [-0.2, 0) is 6.42 Å². The number of carbonyl (C=O) groups excluding carboxylic acids is 1. The monoisotopic (exact) mass is 259 g/mol. The van der Waals surface area contributed by atoms with Gasteiger partial charge in [0.1, 0.15) is 0 Å². The first-order chi connectivity index (χ1) is 9.19. The Kier molecular flexibility index (Phi) is 4.28. The second-order valence-corrected chi connectivity index (χ2v) is 4.27. The smallest absolute Gasteiger partial charge is 0.228 e. The lowest BCUT2D eigenvalue weighted by atomic mass is 10.1. The molecule has 0 aliphatic carbocycles. The van der Waals surface area contributed by atoms with E-state index in [0.29, 0.717) is 31.1 Å². The van der Waals surface area contributed by atoms with Crippen LogP contribution in [0.3, 0.4) is 0 Å². The van der Waals surface area contributed by atoms with E-state index in [4.69, 9.17) is 4.52 Å². The zero-order chi connectivity index (χ0) is 13.7. The third-order valence-electron chi connectivity index (χ3n) is 2.77. The second-order valence-electron chi connectivity index (χ2n) is 4.27. The van der Waals surface area contributed by atoms with E-state index >= 15 is 0 Å². The van der Waals surface area contributed by atoms with Crippen LogP contribution in [0, 0.1) is 6.92 Å². The molecule has 0 aliphatic rings. The van der Waals surface area contributed by atoms with Crippen LogP contribution < -0.4 is 5.32 Å². The lowest BCUT2D eigenvalue weighted by molar-refractivity contribution is 0.0988. The van der Waals surface area contributed by atoms with Crippen LogP contribution in [0.1, 0.15) is 35.4 Å². The van der Waals surface area contributed by atoms with Crippen molar-refractivity contribution >= 4 is 11.5 Å². The number of nitrogens with one attached hydrogen (secondary N) is 1. The Bertz CT molecular complexity index is 546. The van der Waals surface area contributed by atoms with Gasteiger partial charge in [-0.3, -0.25) is 4.79 Å². The maximum absolute atomic E-state index is 11.5. The van der Waals surface area contributed by atoms with Gasteiger partial charge in [0.05, 0.1) is 0 Å². The molecule has 1 N–H and O–H groups in total. The van der Waals surface area contributed by atoms with Crippen LogP contribution in [0.2, 0.25) is 0 Å². The molecule has 0 fully saturated rings. The maximum atomic E-state index is 11.5. The number of carbonyl (C=O) groups is 1. The fraction of sp³-hybridized carbons (Fsp3) is 0.357. The van der Waals surface area contributed by atoms with Gasteiger partial charge in [-0.05, 0) is 31.2 Å². The second kappa shape index (κ2) is 6.13. The molecule has 0 radical (unpaired) electrons. The molecule has 2 rings (SSSR count). The molecule has 0 aliphatic heterocycles. The summed E-state index contributed by atoms with van der Waals surface area (Å²) in [4.78, 5) is 15.6. The van der Waals surface area contributed by atoms with E-state index in [-0.39, 0.29) is 5.78 Å². The lowest BCUT2D eigenvalue weighted by Crippen LogP contribution is -2.05. The predicted octanol–water partition coefficient (Wildman–Crippen LogP) is 2.63. The lowest BCUT2D eigenvalue weighted by Gasteiger charge is -2.05. The van der Waals surface area contributed by atoms with Crippen molar-refractivity contribution < 1.29 is 9.32 Å². The predicted molar refractivity (Wildman–Crippen MR) is 72.3 cm³/mol. The zero-order valence-electron chi connectivity index (χ0n) is 11.1. The van der Waals surface area contributed by atoms with E-state index in [1.54, 1.807) is 6.92 Å². The Labute approximate surface area is 112 Å². The highest BCUT2D eigenvalue weighted by Crippen LogP contribution is 2.11. The van der Waals surface area contributed by atoms with Crippen LogP contribution in [0.15, 0.2) is 28.8 Å². The minimum absolute atomic E-state index is 0.160. The highest BCUT2D eigenvalue weighted by Gasteiger charge is 2.03. The molecule has 5 heteroatoms. The number of rotatable bonds is 6. The molecule has 0 saturated carbocycles. The summed E-state index contributed by atoms with van der Waals surface area (Å²) in [5.41, 5.74) is 1.73. The Morgan fingerprint density at radius 1 is 1.32 bits per heavy atom. The van der Waals surface area contributed by atoms with Crippen LogP contribution in [0.5, 0.6) is 0 Å². The zero-order valence-corrected chi connectivity index (χ0v) is 11.1. The first kappa shape index (κ1) is 13.3. The Hall–Kier alpha value is -2.17. The summed E-state index contributed by atoms with van der Waals surface area (Å²) >= 11 is 0. The number of hydrogen-bond acceptors (Lipinski definition) is 5. The van der Waals surface area contributed by atoms with E-state index in [9.17, 15) is 4.79 Å². The molecule has 5 nitrogen and oxygen atoms in total. The summed E-state index contributed by atoms with van der Waals surface area (Å²) in [6.45, 7) is 4.37. The highest BCUT2D eigenvalue weighted by atomic mass is 16.5. The Morgan fingerprint density at radius 2 is 2.05 bits per heavy atom. The average molecular weight is 259 g/mol. The summed E-state index contributed by atoms with van der Waals surface area (Å²) < 4.78 is 5.02. The molecule has 0 bridgehead atoms. The molecule has 1 heterocycles. The largest absolute Gasteiger partial charge is 0.385 e. The molecular weight excluding hydrogens is 242 g/mol. The van der Waals surface area contributed by atoms with E-state index in [1.807, 2.05) is 31.2 Å². The molecule has 1 aromatic heterocycles. The van der Waals surface area contributed by atoms with Gasteiger partial charge in [0, 0.05) is 30.6 Å². The van der Waals surface area contributed by atoms with Gasteiger partial charge in [-0.15, -0.1) is 0 Å².